The van der Waals surface area contributed by atoms with E-state index in [2.05, 4.69) is 35.3 Å². The summed E-state index contributed by atoms with van der Waals surface area (Å²) >= 11 is 6.17. The second-order valence-electron chi connectivity index (χ2n) is 6.82. The smallest absolute Gasteiger partial charge is 0.0409 e. The standard InChI is InChI=1S/C18H27ClN2/c1-15(16-7-5-8-17(19)13-16)21-12-6-11-20-18(14-21)9-3-2-4-10-18/h5,7-8,13,15,20H,2-4,6,9-12,14H2,1H3. The van der Waals surface area contributed by atoms with Crippen molar-refractivity contribution in [3.63, 3.8) is 0 Å². The van der Waals surface area contributed by atoms with Gasteiger partial charge in [-0.25, -0.2) is 0 Å². The number of benzene rings is 1. The molecule has 1 aliphatic carbocycles. The Balaban J connectivity index is 1.76. The van der Waals surface area contributed by atoms with Gasteiger partial charge in [-0.1, -0.05) is 43.0 Å². The molecule has 0 aromatic heterocycles. The molecule has 1 aliphatic heterocycles. The summed E-state index contributed by atoms with van der Waals surface area (Å²) in [6, 6.07) is 8.81. The van der Waals surface area contributed by atoms with Crippen LogP contribution >= 0.6 is 11.6 Å². The van der Waals surface area contributed by atoms with E-state index in [1.54, 1.807) is 0 Å². The number of rotatable bonds is 2. The third kappa shape index (κ3) is 3.61. The summed E-state index contributed by atoms with van der Waals surface area (Å²) in [6.07, 6.45) is 8.09. The van der Waals surface area contributed by atoms with E-state index in [0.29, 0.717) is 11.6 Å². The van der Waals surface area contributed by atoms with Crippen molar-refractivity contribution in [2.24, 2.45) is 0 Å². The Hall–Kier alpha value is -0.570. The zero-order chi connectivity index (χ0) is 14.7. The molecule has 0 amide bonds. The molecule has 21 heavy (non-hydrogen) atoms. The Kier molecular flexibility index (Phi) is 4.88. The molecule has 1 saturated heterocycles. The first-order valence-corrected chi connectivity index (χ1v) is 8.81. The number of nitrogens with zero attached hydrogens (tertiary/aromatic N) is 1. The van der Waals surface area contributed by atoms with Crippen LogP contribution in [0.3, 0.4) is 0 Å². The van der Waals surface area contributed by atoms with Crippen LogP contribution in [-0.4, -0.2) is 30.1 Å². The average Bonchev–Trinajstić information content (AvgIpc) is 2.70. The molecule has 1 unspecified atom stereocenters. The van der Waals surface area contributed by atoms with Gasteiger partial charge in [0.25, 0.3) is 0 Å². The minimum atomic E-state index is 0.363. The van der Waals surface area contributed by atoms with E-state index in [9.17, 15) is 0 Å². The van der Waals surface area contributed by atoms with E-state index in [1.165, 1.54) is 63.7 Å². The van der Waals surface area contributed by atoms with E-state index < -0.39 is 0 Å². The fourth-order valence-corrected chi connectivity index (χ4v) is 4.23. The lowest BCUT2D eigenvalue weighted by atomic mass is 9.81. The summed E-state index contributed by atoms with van der Waals surface area (Å²) in [5.41, 5.74) is 1.71. The van der Waals surface area contributed by atoms with Crippen LogP contribution in [0.2, 0.25) is 5.02 Å². The minimum Gasteiger partial charge on any atom is -0.310 e. The molecule has 3 heteroatoms. The number of halogens is 1. The predicted octanol–water partition coefficient (Wildman–Crippen LogP) is 4.40. The first-order valence-electron chi connectivity index (χ1n) is 8.43. The van der Waals surface area contributed by atoms with Gasteiger partial charge >= 0.3 is 0 Å². The molecular formula is C18H27ClN2. The van der Waals surface area contributed by atoms with Gasteiger partial charge in [0, 0.05) is 29.7 Å². The van der Waals surface area contributed by atoms with Crippen molar-refractivity contribution in [1.82, 2.24) is 10.2 Å². The van der Waals surface area contributed by atoms with Gasteiger partial charge in [0.2, 0.25) is 0 Å². The Morgan fingerprint density at radius 3 is 2.76 bits per heavy atom. The van der Waals surface area contributed by atoms with E-state index >= 15 is 0 Å². The summed E-state index contributed by atoms with van der Waals surface area (Å²) in [5.74, 6) is 0. The van der Waals surface area contributed by atoms with Crippen LogP contribution < -0.4 is 5.32 Å². The highest BCUT2D eigenvalue weighted by atomic mass is 35.5. The maximum absolute atomic E-state index is 6.17. The van der Waals surface area contributed by atoms with Gasteiger partial charge in [0.15, 0.2) is 0 Å². The Morgan fingerprint density at radius 2 is 2.00 bits per heavy atom. The molecule has 1 atom stereocenters. The average molecular weight is 307 g/mol. The lowest BCUT2D eigenvalue weighted by Gasteiger charge is -2.41. The zero-order valence-corrected chi connectivity index (χ0v) is 13.8. The molecule has 2 fully saturated rings. The number of nitrogens with one attached hydrogen (secondary N) is 1. The topological polar surface area (TPSA) is 15.3 Å². The van der Waals surface area contributed by atoms with Crippen molar-refractivity contribution < 1.29 is 0 Å². The van der Waals surface area contributed by atoms with Crippen LogP contribution in [0.1, 0.15) is 57.1 Å². The number of hydrogen-bond acceptors (Lipinski definition) is 2. The normalized spacial score (nSPS) is 24.7. The molecule has 0 bridgehead atoms. The highest BCUT2D eigenvalue weighted by molar-refractivity contribution is 6.30. The summed E-state index contributed by atoms with van der Waals surface area (Å²) in [4.78, 5) is 2.66. The van der Waals surface area contributed by atoms with Crippen LogP contribution in [0.15, 0.2) is 24.3 Å². The molecule has 0 radical (unpaired) electrons. The van der Waals surface area contributed by atoms with Crippen LogP contribution in [0, 0.1) is 0 Å². The molecule has 1 aromatic rings. The quantitative estimate of drug-likeness (QED) is 0.871. The zero-order valence-electron chi connectivity index (χ0n) is 13.1. The van der Waals surface area contributed by atoms with Crippen LogP contribution in [0.25, 0.3) is 0 Å². The maximum atomic E-state index is 6.17. The Morgan fingerprint density at radius 1 is 1.19 bits per heavy atom. The number of hydrogen-bond donors (Lipinski definition) is 1. The molecule has 2 aliphatic rings. The molecule has 1 heterocycles. The van der Waals surface area contributed by atoms with Crippen molar-refractivity contribution >= 4 is 11.6 Å². The van der Waals surface area contributed by atoms with Crippen molar-refractivity contribution in [3.05, 3.63) is 34.9 Å². The fourth-order valence-electron chi connectivity index (χ4n) is 4.03. The Labute approximate surface area is 133 Å². The van der Waals surface area contributed by atoms with Crippen molar-refractivity contribution in [2.75, 3.05) is 19.6 Å². The lowest BCUT2D eigenvalue weighted by Crippen LogP contribution is -2.52. The molecule has 1 saturated carbocycles. The van der Waals surface area contributed by atoms with Gasteiger partial charge in [0.1, 0.15) is 0 Å². The highest BCUT2D eigenvalue weighted by Gasteiger charge is 2.36. The van der Waals surface area contributed by atoms with Gasteiger partial charge in [-0.2, -0.15) is 0 Å². The molecule has 1 aromatic carbocycles. The molecule has 1 N–H and O–H groups in total. The fraction of sp³-hybridized carbons (Fsp3) is 0.667. The first kappa shape index (κ1) is 15.3. The third-order valence-electron chi connectivity index (χ3n) is 5.32. The second kappa shape index (κ2) is 6.68. The third-order valence-corrected chi connectivity index (χ3v) is 5.55. The van der Waals surface area contributed by atoms with Gasteiger partial charge in [-0.3, -0.25) is 4.90 Å². The van der Waals surface area contributed by atoms with Gasteiger partial charge < -0.3 is 5.32 Å². The molecule has 1 spiro atoms. The SMILES string of the molecule is CC(c1cccc(Cl)c1)N1CCCNC2(CCCCC2)C1. The van der Waals surface area contributed by atoms with Crippen LogP contribution in [0.4, 0.5) is 0 Å². The maximum Gasteiger partial charge on any atom is 0.0409 e. The molecular weight excluding hydrogens is 280 g/mol. The summed E-state index contributed by atoms with van der Waals surface area (Å²) < 4.78 is 0. The second-order valence-corrected chi connectivity index (χ2v) is 7.26. The lowest BCUT2D eigenvalue weighted by molar-refractivity contribution is 0.134. The van der Waals surface area contributed by atoms with Crippen molar-refractivity contribution in [2.45, 2.75) is 57.0 Å². The predicted molar refractivity (Wildman–Crippen MR) is 89.9 cm³/mol. The largest absolute Gasteiger partial charge is 0.310 e. The molecule has 2 nitrogen and oxygen atoms in total. The van der Waals surface area contributed by atoms with E-state index in [-0.39, 0.29) is 0 Å². The summed E-state index contributed by atoms with van der Waals surface area (Å²) in [7, 11) is 0. The van der Waals surface area contributed by atoms with Crippen molar-refractivity contribution in [1.29, 1.82) is 0 Å². The minimum absolute atomic E-state index is 0.363. The van der Waals surface area contributed by atoms with E-state index in [4.69, 9.17) is 11.6 Å². The van der Waals surface area contributed by atoms with E-state index in [1.807, 2.05) is 6.07 Å². The molecule has 116 valence electrons. The summed E-state index contributed by atoms with van der Waals surface area (Å²) in [5, 5.41) is 4.72. The monoisotopic (exact) mass is 306 g/mol. The molecule has 3 rings (SSSR count). The highest BCUT2D eigenvalue weighted by Crippen LogP contribution is 2.33. The van der Waals surface area contributed by atoms with Gasteiger partial charge in [-0.15, -0.1) is 0 Å². The Bertz CT molecular complexity index is 468. The van der Waals surface area contributed by atoms with Crippen LogP contribution in [-0.2, 0) is 0 Å². The van der Waals surface area contributed by atoms with Crippen molar-refractivity contribution in [3.8, 4) is 0 Å². The van der Waals surface area contributed by atoms with Gasteiger partial charge in [0.05, 0.1) is 0 Å². The van der Waals surface area contributed by atoms with Gasteiger partial charge in [-0.05, 0) is 50.4 Å². The van der Waals surface area contributed by atoms with Crippen LogP contribution in [0.5, 0.6) is 0 Å². The van der Waals surface area contributed by atoms with E-state index in [0.717, 1.165) is 5.02 Å². The first-order chi connectivity index (χ1) is 10.2. The summed E-state index contributed by atoms with van der Waals surface area (Å²) in [6.45, 7) is 5.86.